The van der Waals surface area contributed by atoms with Crippen LogP contribution in [0.3, 0.4) is 0 Å². The van der Waals surface area contributed by atoms with Crippen molar-refractivity contribution in [3.63, 3.8) is 0 Å². The fourth-order valence-corrected chi connectivity index (χ4v) is 4.94. The van der Waals surface area contributed by atoms with Gasteiger partial charge in [-0.2, -0.15) is 0 Å². The molecule has 20 heavy (non-hydrogen) atoms. The fourth-order valence-electron chi connectivity index (χ4n) is 4.94. The largest absolute Gasteiger partial charge is 0.329 e. The Morgan fingerprint density at radius 3 is 2.50 bits per heavy atom. The highest BCUT2D eigenvalue weighted by Crippen LogP contribution is 2.35. The Balaban J connectivity index is 1.65. The first-order valence-electron chi connectivity index (χ1n) is 8.89. The quantitative estimate of drug-likeness (QED) is 0.860. The molecule has 0 aromatic carbocycles. The van der Waals surface area contributed by atoms with Gasteiger partial charge in [0.05, 0.1) is 0 Å². The number of nitrogens with zero attached hydrogens (tertiary/aromatic N) is 2. The molecule has 3 rings (SSSR count). The maximum absolute atomic E-state index is 6.21. The number of hydrogen-bond donors (Lipinski definition) is 1. The van der Waals surface area contributed by atoms with Gasteiger partial charge >= 0.3 is 0 Å². The molecular weight excluding hydrogens is 246 g/mol. The molecule has 3 atom stereocenters. The third-order valence-electron chi connectivity index (χ3n) is 6.26. The predicted molar refractivity (Wildman–Crippen MR) is 84.7 cm³/mol. The highest BCUT2D eigenvalue weighted by molar-refractivity contribution is 4.95. The summed E-state index contributed by atoms with van der Waals surface area (Å²) in [6.07, 6.45) is 8.45. The first-order chi connectivity index (χ1) is 9.69. The number of piperazine rings is 1. The van der Waals surface area contributed by atoms with Crippen molar-refractivity contribution >= 4 is 0 Å². The van der Waals surface area contributed by atoms with Crippen LogP contribution in [0.25, 0.3) is 0 Å². The van der Waals surface area contributed by atoms with Gasteiger partial charge in [-0.15, -0.1) is 0 Å². The molecule has 3 nitrogen and oxygen atoms in total. The van der Waals surface area contributed by atoms with Gasteiger partial charge in [0.1, 0.15) is 0 Å². The van der Waals surface area contributed by atoms with Crippen LogP contribution >= 0.6 is 0 Å². The summed E-state index contributed by atoms with van der Waals surface area (Å²) in [7, 11) is 0. The average Bonchev–Trinajstić information content (AvgIpc) is 2.89. The van der Waals surface area contributed by atoms with Crippen molar-refractivity contribution in [1.29, 1.82) is 0 Å². The summed E-state index contributed by atoms with van der Waals surface area (Å²) in [6.45, 7) is 9.56. The molecule has 3 unspecified atom stereocenters. The molecule has 0 aromatic heterocycles. The number of nitrogens with two attached hydrogens (primary N) is 1. The van der Waals surface area contributed by atoms with E-state index in [4.69, 9.17) is 5.73 Å². The lowest BCUT2D eigenvalue weighted by Gasteiger charge is -2.48. The Labute approximate surface area is 124 Å². The van der Waals surface area contributed by atoms with Crippen LogP contribution in [0.4, 0.5) is 0 Å². The van der Waals surface area contributed by atoms with E-state index in [0.717, 1.165) is 24.4 Å². The van der Waals surface area contributed by atoms with E-state index in [-0.39, 0.29) is 0 Å². The number of hydrogen-bond acceptors (Lipinski definition) is 3. The van der Waals surface area contributed by atoms with E-state index in [1.165, 1.54) is 58.2 Å². The van der Waals surface area contributed by atoms with Crippen molar-refractivity contribution in [2.24, 2.45) is 17.6 Å². The first-order valence-corrected chi connectivity index (χ1v) is 8.89. The van der Waals surface area contributed by atoms with Gasteiger partial charge in [-0.1, -0.05) is 19.8 Å². The van der Waals surface area contributed by atoms with Crippen LogP contribution < -0.4 is 5.73 Å². The van der Waals surface area contributed by atoms with E-state index in [1.54, 1.807) is 0 Å². The zero-order chi connectivity index (χ0) is 14.1. The van der Waals surface area contributed by atoms with Crippen molar-refractivity contribution in [2.75, 3.05) is 26.2 Å². The standard InChI is InChI=1S/C17H33N3/c1-13-5-7-15(8-6-13)17(10-18)20-12-16-4-3-9-19(16)11-14(20)2/h13-17H,3-12,18H2,1-2H3. The molecule has 3 heteroatoms. The van der Waals surface area contributed by atoms with Crippen molar-refractivity contribution in [1.82, 2.24) is 9.80 Å². The van der Waals surface area contributed by atoms with Gasteiger partial charge in [-0.25, -0.2) is 0 Å². The Bertz CT molecular complexity index is 311. The SMILES string of the molecule is CC1CCC(C(CN)N2CC3CCCN3CC2C)CC1. The van der Waals surface area contributed by atoms with Crippen molar-refractivity contribution in [2.45, 2.75) is 70.5 Å². The number of fused-ring (bicyclic) bond motifs is 1. The smallest absolute Gasteiger partial charge is 0.0250 e. The molecule has 116 valence electrons. The zero-order valence-corrected chi connectivity index (χ0v) is 13.4. The van der Waals surface area contributed by atoms with E-state index >= 15 is 0 Å². The van der Waals surface area contributed by atoms with E-state index in [0.29, 0.717) is 12.1 Å². The normalized spacial score (nSPS) is 41.5. The summed E-state index contributed by atoms with van der Waals surface area (Å²) < 4.78 is 0. The Hall–Kier alpha value is -0.120. The highest BCUT2D eigenvalue weighted by Gasteiger charge is 2.39. The van der Waals surface area contributed by atoms with Crippen LogP contribution in [0.5, 0.6) is 0 Å². The molecule has 0 aromatic rings. The number of rotatable bonds is 3. The van der Waals surface area contributed by atoms with Gasteiger partial charge in [0.25, 0.3) is 0 Å². The lowest BCUT2D eigenvalue weighted by atomic mass is 9.78. The molecule has 1 saturated carbocycles. The average molecular weight is 279 g/mol. The molecule has 2 aliphatic heterocycles. The third-order valence-corrected chi connectivity index (χ3v) is 6.26. The molecule has 0 spiro atoms. The second-order valence-electron chi connectivity index (χ2n) is 7.66. The third kappa shape index (κ3) is 2.90. The van der Waals surface area contributed by atoms with Gasteiger partial charge in [0.15, 0.2) is 0 Å². The van der Waals surface area contributed by atoms with Gasteiger partial charge in [-0.3, -0.25) is 9.80 Å². The highest BCUT2D eigenvalue weighted by atomic mass is 15.3. The van der Waals surface area contributed by atoms with Gasteiger partial charge in [0, 0.05) is 37.8 Å². The molecule has 3 aliphatic rings. The zero-order valence-electron chi connectivity index (χ0n) is 13.4. The molecule has 1 aliphatic carbocycles. The van der Waals surface area contributed by atoms with Crippen LogP contribution in [0.1, 0.15) is 52.4 Å². The van der Waals surface area contributed by atoms with Crippen LogP contribution in [0.15, 0.2) is 0 Å². The second kappa shape index (κ2) is 6.33. The maximum Gasteiger partial charge on any atom is 0.0250 e. The summed E-state index contributed by atoms with van der Waals surface area (Å²) in [6, 6.07) is 2.15. The molecule has 3 fully saturated rings. The predicted octanol–water partition coefficient (Wildman–Crippen LogP) is 2.31. The topological polar surface area (TPSA) is 32.5 Å². The Morgan fingerprint density at radius 2 is 1.80 bits per heavy atom. The van der Waals surface area contributed by atoms with E-state index in [2.05, 4.69) is 23.6 Å². The summed E-state index contributed by atoms with van der Waals surface area (Å²) in [5, 5.41) is 0. The second-order valence-corrected chi connectivity index (χ2v) is 7.66. The summed E-state index contributed by atoms with van der Waals surface area (Å²) in [5.41, 5.74) is 6.21. The fraction of sp³-hybridized carbons (Fsp3) is 1.00. The van der Waals surface area contributed by atoms with Gasteiger partial charge in [-0.05, 0) is 51.0 Å². The van der Waals surface area contributed by atoms with Crippen LogP contribution in [-0.4, -0.2) is 54.1 Å². The monoisotopic (exact) mass is 279 g/mol. The lowest BCUT2D eigenvalue weighted by Crippen LogP contribution is -2.61. The van der Waals surface area contributed by atoms with Crippen molar-refractivity contribution < 1.29 is 0 Å². The summed E-state index contributed by atoms with van der Waals surface area (Å²) in [4.78, 5) is 5.50. The molecule has 0 bridgehead atoms. The van der Waals surface area contributed by atoms with E-state index in [9.17, 15) is 0 Å². The minimum absolute atomic E-state index is 0.639. The molecule has 2 heterocycles. The Morgan fingerprint density at radius 1 is 1.05 bits per heavy atom. The van der Waals surface area contributed by atoms with Gasteiger partial charge in [0.2, 0.25) is 0 Å². The summed E-state index contributed by atoms with van der Waals surface area (Å²) >= 11 is 0. The first kappa shape index (κ1) is 14.8. The van der Waals surface area contributed by atoms with Crippen LogP contribution in [-0.2, 0) is 0 Å². The maximum atomic E-state index is 6.21. The molecule has 2 saturated heterocycles. The minimum Gasteiger partial charge on any atom is -0.329 e. The lowest BCUT2D eigenvalue weighted by molar-refractivity contribution is 0.00241. The molecular formula is C17H33N3. The van der Waals surface area contributed by atoms with Crippen molar-refractivity contribution in [3.05, 3.63) is 0 Å². The van der Waals surface area contributed by atoms with Crippen LogP contribution in [0.2, 0.25) is 0 Å². The Kier molecular flexibility index (Phi) is 4.68. The van der Waals surface area contributed by atoms with Gasteiger partial charge < -0.3 is 5.73 Å². The van der Waals surface area contributed by atoms with E-state index in [1.807, 2.05) is 0 Å². The molecule has 0 amide bonds. The molecule has 2 N–H and O–H groups in total. The summed E-state index contributed by atoms with van der Waals surface area (Å²) in [5.74, 6) is 1.79. The molecule has 0 radical (unpaired) electrons. The van der Waals surface area contributed by atoms with Crippen LogP contribution in [0, 0.1) is 11.8 Å². The van der Waals surface area contributed by atoms with E-state index < -0.39 is 0 Å². The van der Waals surface area contributed by atoms with Crippen molar-refractivity contribution in [3.8, 4) is 0 Å². The minimum atomic E-state index is 0.639.